The lowest BCUT2D eigenvalue weighted by molar-refractivity contribution is 0.471. The SMILES string of the molecule is NC(CC1CCCc2ccccc21)c1csnn1. The van der Waals surface area contributed by atoms with Crippen LogP contribution >= 0.6 is 11.5 Å². The van der Waals surface area contributed by atoms with Crippen molar-refractivity contribution in [2.45, 2.75) is 37.6 Å². The van der Waals surface area contributed by atoms with Crippen molar-refractivity contribution in [1.82, 2.24) is 9.59 Å². The monoisotopic (exact) mass is 259 g/mol. The number of benzene rings is 1. The molecule has 3 nitrogen and oxygen atoms in total. The summed E-state index contributed by atoms with van der Waals surface area (Å²) >= 11 is 1.37. The van der Waals surface area contributed by atoms with Crippen molar-refractivity contribution in [1.29, 1.82) is 0 Å². The van der Waals surface area contributed by atoms with Crippen molar-refractivity contribution in [3.63, 3.8) is 0 Å². The molecule has 0 aliphatic heterocycles. The number of rotatable bonds is 3. The highest BCUT2D eigenvalue weighted by molar-refractivity contribution is 7.03. The van der Waals surface area contributed by atoms with Crippen molar-refractivity contribution in [3.8, 4) is 0 Å². The normalized spacial score (nSPS) is 20.4. The quantitative estimate of drug-likeness (QED) is 0.921. The first kappa shape index (κ1) is 11.8. The van der Waals surface area contributed by atoms with Crippen molar-refractivity contribution in [3.05, 3.63) is 46.5 Å². The number of nitrogens with two attached hydrogens (primary N) is 1. The summed E-state index contributed by atoms with van der Waals surface area (Å²) in [4.78, 5) is 0. The zero-order chi connectivity index (χ0) is 12.4. The van der Waals surface area contributed by atoms with Crippen LogP contribution in [0.1, 0.15) is 48.0 Å². The summed E-state index contributed by atoms with van der Waals surface area (Å²) in [7, 11) is 0. The topological polar surface area (TPSA) is 51.8 Å². The fraction of sp³-hybridized carbons (Fsp3) is 0.429. The van der Waals surface area contributed by atoms with Gasteiger partial charge in [0.1, 0.15) is 0 Å². The average molecular weight is 259 g/mol. The van der Waals surface area contributed by atoms with Crippen LogP contribution in [0.4, 0.5) is 0 Å². The minimum atomic E-state index is 0.0138. The molecule has 0 saturated heterocycles. The third kappa shape index (κ3) is 2.31. The molecule has 2 aromatic rings. The molecular formula is C14H17N3S. The predicted molar refractivity (Wildman–Crippen MR) is 73.6 cm³/mol. The van der Waals surface area contributed by atoms with E-state index in [-0.39, 0.29) is 6.04 Å². The molecule has 0 fully saturated rings. The van der Waals surface area contributed by atoms with Crippen molar-refractivity contribution >= 4 is 11.5 Å². The van der Waals surface area contributed by atoms with Crippen LogP contribution in [0, 0.1) is 0 Å². The first-order valence-electron chi connectivity index (χ1n) is 6.45. The maximum Gasteiger partial charge on any atom is 0.0922 e. The summed E-state index contributed by atoms with van der Waals surface area (Å²) in [6, 6.07) is 8.78. The van der Waals surface area contributed by atoms with Gasteiger partial charge in [-0.15, -0.1) is 5.10 Å². The van der Waals surface area contributed by atoms with E-state index in [1.54, 1.807) is 0 Å². The van der Waals surface area contributed by atoms with Gasteiger partial charge in [0.15, 0.2) is 0 Å². The Morgan fingerprint density at radius 3 is 3.11 bits per heavy atom. The summed E-state index contributed by atoms with van der Waals surface area (Å²) in [5, 5.41) is 6.04. The Kier molecular flexibility index (Phi) is 3.39. The molecule has 1 aromatic carbocycles. The highest BCUT2D eigenvalue weighted by atomic mass is 32.1. The van der Waals surface area contributed by atoms with E-state index >= 15 is 0 Å². The predicted octanol–water partition coefficient (Wildman–Crippen LogP) is 3.05. The fourth-order valence-corrected chi connectivity index (χ4v) is 3.38. The van der Waals surface area contributed by atoms with E-state index < -0.39 is 0 Å². The Labute approximate surface area is 111 Å². The Balaban J connectivity index is 1.78. The van der Waals surface area contributed by atoms with Gasteiger partial charge in [-0.1, -0.05) is 28.8 Å². The molecule has 1 aliphatic rings. The molecule has 0 amide bonds. The van der Waals surface area contributed by atoms with Crippen LogP contribution in [0.5, 0.6) is 0 Å². The van der Waals surface area contributed by atoms with Crippen LogP contribution in [-0.4, -0.2) is 9.59 Å². The van der Waals surface area contributed by atoms with Crippen LogP contribution in [0.15, 0.2) is 29.6 Å². The van der Waals surface area contributed by atoms with E-state index in [9.17, 15) is 0 Å². The highest BCUT2D eigenvalue weighted by Crippen LogP contribution is 2.36. The second kappa shape index (κ2) is 5.16. The Morgan fingerprint density at radius 2 is 2.28 bits per heavy atom. The summed E-state index contributed by atoms with van der Waals surface area (Å²) in [6.45, 7) is 0. The minimum absolute atomic E-state index is 0.0138. The van der Waals surface area contributed by atoms with E-state index in [1.807, 2.05) is 5.38 Å². The molecule has 1 heterocycles. The summed E-state index contributed by atoms with van der Waals surface area (Å²) in [6.07, 6.45) is 4.69. The van der Waals surface area contributed by atoms with Gasteiger partial charge >= 0.3 is 0 Å². The van der Waals surface area contributed by atoms with E-state index in [0.717, 1.165) is 12.1 Å². The molecule has 0 bridgehead atoms. The van der Waals surface area contributed by atoms with Crippen molar-refractivity contribution in [2.75, 3.05) is 0 Å². The summed E-state index contributed by atoms with van der Waals surface area (Å²) in [5.74, 6) is 0.576. The van der Waals surface area contributed by atoms with E-state index in [2.05, 4.69) is 33.9 Å². The molecule has 1 aliphatic carbocycles. The molecule has 4 heteroatoms. The van der Waals surface area contributed by atoms with Gasteiger partial charge in [-0.3, -0.25) is 0 Å². The van der Waals surface area contributed by atoms with Gasteiger partial charge < -0.3 is 5.73 Å². The van der Waals surface area contributed by atoms with Crippen LogP contribution in [0.25, 0.3) is 0 Å². The van der Waals surface area contributed by atoms with Gasteiger partial charge in [0, 0.05) is 5.38 Å². The first-order chi connectivity index (χ1) is 8.84. The first-order valence-corrected chi connectivity index (χ1v) is 7.28. The Hall–Kier alpha value is -1.26. The van der Waals surface area contributed by atoms with Gasteiger partial charge in [0.05, 0.1) is 11.7 Å². The molecule has 94 valence electrons. The zero-order valence-electron chi connectivity index (χ0n) is 10.2. The molecular weight excluding hydrogens is 242 g/mol. The van der Waals surface area contributed by atoms with Gasteiger partial charge in [0.25, 0.3) is 0 Å². The fourth-order valence-electron chi connectivity index (χ4n) is 2.86. The maximum atomic E-state index is 6.23. The lowest BCUT2D eigenvalue weighted by Crippen LogP contribution is -2.18. The molecule has 0 saturated carbocycles. The van der Waals surface area contributed by atoms with Crippen LogP contribution in [0.3, 0.4) is 0 Å². The number of aromatic nitrogens is 2. The van der Waals surface area contributed by atoms with Crippen LogP contribution in [0.2, 0.25) is 0 Å². The standard InChI is InChI=1S/C14H17N3S/c15-13(14-9-18-17-16-14)8-11-6-3-5-10-4-1-2-7-12(10)11/h1-2,4,7,9,11,13H,3,5-6,8,15H2. The number of hydrogen-bond donors (Lipinski definition) is 1. The lowest BCUT2D eigenvalue weighted by atomic mass is 9.79. The molecule has 2 unspecified atom stereocenters. The van der Waals surface area contributed by atoms with Crippen LogP contribution in [-0.2, 0) is 6.42 Å². The highest BCUT2D eigenvalue weighted by Gasteiger charge is 2.23. The Morgan fingerprint density at radius 1 is 1.39 bits per heavy atom. The third-order valence-corrected chi connectivity index (χ3v) is 4.31. The van der Waals surface area contributed by atoms with Crippen molar-refractivity contribution < 1.29 is 0 Å². The van der Waals surface area contributed by atoms with E-state index in [0.29, 0.717) is 5.92 Å². The number of hydrogen-bond acceptors (Lipinski definition) is 4. The maximum absolute atomic E-state index is 6.23. The largest absolute Gasteiger partial charge is 0.323 e. The molecule has 2 N–H and O–H groups in total. The lowest BCUT2D eigenvalue weighted by Gasteiger charge is -2.27. The van der Waals surface area contributed by atoms with Gasteiger partial charge in [-0.2, -0.15) is 0 Å². The van der Waals surface area contributed by atoms with Gasteiger partial charge in [-0.25, -0.2) is 0 Å². The third-order valence-electron chi connectivity index (χ3n) is 3.79. The molecule has 0 spiro atoms. The van der Waals surface area contributed by atoms with Gasteiger partial charge in [-0.05, 0) is 54.3 Å². The number of nitrogens with zero attached hydrogens (tertiary/aromatic N) is 2. The summed E-state index contributed by atoms with van der Waals surface area (Å²) < 4.78 is 3.89. The molecule has 3 rings (SSSR count). The molecule has 2 atom stereocenters. The molecule has 18 heavy (non-hydrogen) atoms. The van der Waals surface area contributed by atoms with Crippen LogP contribution < -0.4 is 5.73 Å². The second-order valence-corrected chi connectivity index (χ2v) is 5.57. The van der Waals surface area contributed by atoms with Gasteiger partial charge in [0.2, 0.25) is 0 Å². The second-order valence-electron chi connectivity index (χ2n) is 4.96. The van der Waals surface area contributed by atoms with E-state index in [1.165, 1.54) is 41.9 Å². The summed E-state index contributed by atoms with van der Waals surface area (Å²) in [5.41, 5.74) is 10.2. The van der Waals surface area contributed by atoms with E-state index in [4.69, 9.17) is 5.73 Å². The number of fused-ring (bicyclic) bond motifs is 1. The molecule has 1 aromatic heterocycles. The zero-order valence-corrected chi connectivity index (χ0v) is 11.1. The van der Waals surface area contributed by atoms with Crippen molar-refractivity contribution in [2.24, 2.45) is 5.73 Å². The average Bonchev–Trinajstić information content (AvgIpc) is 2.93. The molecule has 0 radical (unpaired) electrons. The number of aryl methyl sites for hydroxylation is 1. The smallest absolute Gasteiger partial charge is 0.0922 e. The Bertz CT molecular complexity index is 510. The minimum Gasteiger partial charge on any atom is -0.323 e.